The van der Waals surface area contributed by atoms with Crippen LogP contribution in [0, 0.1) is 0 Å². The van der Waals surface area contributed by atoms with Gasteiger partial charge in [0.25, 0.3) is 0 Å². The predicted octanol–water partition coefficient (Wildman–Crippen LogP) is -0.0876. The highest BCUT2D eigenvalue weighted by atomic mass is 16.3. The maximum absolute atomic E-state index is 8.83. The minimum atomic E-state index is -2.29. The van der Waals surface area contributed by atoms with E-state index in [9.17, 15) is 0 Å². The zero-order valence-corrected chi connectivity index (χ0v) is 4.50. The highest BCUT2D eigenvalue weighted by Gasteiger charge is 1.91. The quantitative estimate of drug-likeness (QED) is 0.554. The average molecular weight is 114 g/mol. The van der Waals surface area contributed by atoms with Crippen LogP contribution in [0.15, 0.2) is 12.3 Å². The Morgan fingerprint density at radius 2 is 2.88 bits per heavy atom. The van der Waals surface area contributed by atoms with Gasteiger partial charge in [-0.25, -0.2) is 0 Å². The highest BCUT2D eigenvalue weighted by molar-refractivity contribution is 4.96. The lowest BCUT2D eigenvalue weighted by Gasteiger charge is -1.92. The van der Waals surface area contributed by atoms with E-state index in [1.165, 1.54) is 16.9 Å². The van der Waals surface area contributed by atoms with Gasteiger partial charge in [0.1, 0.15) is 0 Å². The number of nitrogens with zero attached hydrogens (tertiary/aromatic N) is 2. The van der Waals surface area contributed by atoms with Gasteiger partial charge >= 0.3 is 0 Å². The molecule has 1 rings (SSSR count). The first-order chi connectivity index (χ1) is 4.52. The van der Waals surface area contributed by atoms with Gasteiger partial charge in [0.15, 0.2) is 0 Å². The number of aliphatic hydroxyl groups is 1. The van der Waals surface area contributed by atoms with Crippen LogP contribution in [0.5, 0.6) is 0 Å². The van der Waals surface area contributed by atoms with E-state index in [0.29, 0.717) is 0 Å². The molecule has 0 atom stereocenters. The molecular weight excluding hydrogens is 104 g/mol. The van der Waals surface area contributed by atoms with Gasteiger partial charge in [0, 0.05) is 13.2 Å². The van der Waals surface area contributed by atoms with E-state index < -0.39 is 6.56 Å². The maximum Gasteiger partial charge on any atom is 0.0849 e. The first-order valence-electron chi connectivity index (χ1n) is 3.22. The second-order valence-corrected chi connectivity index (χ2v) is 1.45. The number of aromatic nitrogens is 2. The van der Waals surface area contributed by atoms with Crippen molar-refractivity contribution in [2.24, 2.45) is 7.05 Å². The molecule has 1 N–H and O–H groups in total. The lowest BCUT2D eigenvalue weighted by molar-refractivity contribution is 0.270. The van der Waals surface area contributed by atoms with Gasteiger partial charge in [0.05, 0.1) is 15.0 Å². The van der Waals surface area contributed by atoms with E-state index in [4.69, 9.17) is 7.85 Å². The summed E-state index contributed by atoms with van der Waals surface area (Å²) in [5.74, 6) is 0. The van der Waals surface area contributed by atoms with Crippen LogP contribution in [0.4, 0.5) is 0 Å². The van der Waals surface area contributed by atoms with Crippen LogP contribution in [-0.4, -0.2) is 14.9 Å². The fourth-order valence-corrected chi connectivity index (χ4v) is 0.484. The maximum atomic E-state index is 8.83. The van der Waals surface area contributed by atoms with Crippen LogP contribution >= 0.6 is 0 Å². The van der Waals surface area contributed by atoms with Crippen LogP contribution in [0.25, 0.3) is 0 Å². The van der Waals surface area contributed by atoms with Gasteiger partial charge in [-0.1, -0.05) is 0 Å². The molecule has 0 amide bonds. The summed E-state index contributed by atoms with van der Waals surface area (Å²) in [6.45, 7) is -2.29. The molecule has 0 bridgehead atoms. The van der Waals surface area contributed by atoms with E-state index in [1.807, 2.05) is 0 Å². The number of hydrogen-bond donors (Lipinski definition) is 1. The van der Waals surface area contributed by atoms with Crippen molar-refractivity contribution in [1.29, 1.82) is 0 Å². The second-order valence-electron chi connectivity index (χ2n) is 1.45. The average Bonchev–Trinajstić information content (AvgIpc) is 2.11. The standard InChI is InChI=1S/C5H8N2O/c1-7-5(4-8)2-3-6-7/h2-3,8H,4H2,1H3/i4D2. The van der Waals surface area contributed by atoms with Crippen molar-refractivity contribution in [2.75, 3.05) is 0 Å². The first-order valence-corrected chi connectivity index (χ1v) is 2.22. The van der Waals surface area contributed by atoms with Gasteiger partial charge in [-0.3, -0.25) is 4.68 Å². The molecule has 8 heavy (non-hydrogen) atoms. The molecule has 1 heterocycles. The van der Waals surface area contributed by atoms with Crippen molar-refractivity contribution in [3.8, 4) is 0 Å². The third kappa shape index (κ3) is 0.721. The van der Waals surface area contributed by atoms with E-state index in [1.54, 1.807) is 7.05 Å². The Kier molecular flexibility index (Phi) is 0.796. The Labute approximate surface area is 50.4 Å². The number of rotatable bonds is 1. The highest BCUT2D eigenvalue weighted by Crippen LogP contribution is 1.92. The molecule has 0 spiro atoms. The Morgan fingerprint density at radius 1 is 2.12 bits per heavy atom. The second kappa shape index (κ2) is 1.96. The van der Waals surface area contributed by atoms with Crippen molar-refractivity contribution in [2.45, 2.75) is 6.56 Å². The summed E-state index contributed by atoms with van der Waals surface area (Å²) in [7, 11) is 1.57. The van der Waals surface area contributed by atoms with Crippen molar-refractivity contribution < 1.29 is 7.85 Å². The van der Waals surface area contributed by atoms with Crippen LogP contribution in [0.1, 0.15) is 8.44 Å². The van der Waals surface area contributed by atoms with Gasteiger partial charge in [0.2, 0.25) is 0 Å². The zero-order valence-electron chi connectivity index (χ0n) is 6.50. The summed E-state index contributed by atoms with van der Waals surface area (Å²) in [5.41, 5.74) is 0.160. The molecule has 3 nitrogen and oxygen atoms in total. The normalized spacial score (nSPS) is 15.2. The molecule has 3 heteroatoms. The lowest BCUT2D eigenvalue weighted by atomic mass is 10.5. The summed E-state index contributed by atoms with van der Waals surface area (Å²) < 4.78 is 15.1. The molecule has 0 saturated heterocycles. The number of hydrogen-bond acceptors (Lipinski definition) is 2. The summed E-state index contributed by atoms with van der Waals surface area (Å²) in [4.78, 5) is 0. The predicted molar refractivity (Wildman–Crippen MR) is 29.1 cm³/mol. The molecule has 44 valence electrons. The van der Waals surface area contributed by atoms with Gasteiger partial charge in [-0.05, 0) is 6.07 Å². The molecular formula is C5H8N2O. The van der Waals surface area contributed by atoms with Crippen LogP contribution < -0.4 is 0 Å². The van der Waals surface area contributed by atoms with E-state index in [0.717, 1.165) is 0 Å². The van der Waals surface area contributed by atoms with Gasteiger partial charge in [-0.2, -0.15) is 5.10 Å². The Balaban J connectivity index is 3.05. The lowest BCUT2D eigenvalue weighted by Crippen LogP contribution is -1.96. The monoisotopic (exact) mass is 114 g/mol. The van der Waals surface area contributed by atoms with E-state index in [2.05, 4.69) is 5.10 Å². The summed E-state index contributed by atoms with van der Waals surface area (Å²) in [6, 6.07) is 1.43. The Bertz CT molecular complexity index is 228. The Morgan fingerprint density at radius 3 is 3.12 bits per heavy atom. The minimum Gasteiger partial charge on any atom is -0.390 e. The summed E-state index contributed by atoms with van der Waals surface area (Å²) in [6.07, 6.45) is 1.43. The third-order valence-corrected chi connectivity index (χ3v) is 0.935. The van der Waals surface area contributed by atoms with E-state index in [-0.39, 0.29) is 5.69 Å². The van der Waals surface area contributed by atoms with E-state index >= 15 is 0 Å². The summed E-state index contributed by atoms with van der Waals surface area (Å²) in [5, 5.41) is 12.5. The molecule has 0 radical (unpaired) electrons. The zero-order chi connectivity index (χ0) is 7.78. The fraction of sp³-hybridized carbons (Fsp3) is 0.400. The summed E-state index contributed by atoms with van der Waals surface area (Å²) >= 11 is 0. The molecule has 0 aromatic carbocycles. The van der Waals surface area contributed by atoms with Crippen LogP contribution in [0.2, 0.25) is 0 Å². The van der Waals surface area contributed by atoms with Gasteiger partial charge < -0.3 is 5.11 Å². The van der Waals surface area contributed by atoms with Crippen LogP contribution in [-0.2, 0) is 13.6 Å². The molecule has 1 aromatic heterocycles. The molecule has 0 aliphatic heterocycles. The SMILES string of the molecule is [2H]C([2H])(O)c1ccnn1C. The topological polar surface area (TPSA) is 38.1 Å². The molecule has 0 saturated carbocycles. The van der Waals surface area contributed by atoms with Crippen molar-refractivity contribution in [3.05, 3.63) is 18.0 Å². The molecule has 0 fully saturated rings. The van der Waals surface area contributed by atoms with Crippen LogP contribution in [0.3, 0.4) is 0 Å². The molecule has 0 aliphatic rings. The molecule has 0 aliphatic carbocycles. The van der Waals surface area contributed by atoms with Crippen molar-refractivity contribution >= 4 is 0 Å². The van der Waals surface area contributed by atoms with Crippen molar-refractivity contribution in [3.63, 3.8) is 0 Å². The number of aryl methyl sites for hydroxylation is 1. The smallest absolute Gasteiger partial charge is 0.0849 e. The largest absolute Gasteiger partial charge is 0.390 e. The fourth-order valence-electron chi connectivity index (χ4n) is 0.484. The van der Waals surface area contributed by atoms with Crippen molar-refractivity contribution in [1.82, 2.24) is 9.78 Å². The molecule has 0 unspecified atom stereocenters. The van der Waals surface area contributed by atoms with Gasteiger partial charge in [-0.15, -0.1) is 0 Å². The third-order valence-electron chi connectivity index (χ3n) is 0.935. The Hall–Kier alpha value is -0.830. The first kappa shape index (κ1) is 3.25. The molecule has 1 aromatic rings. The minimum absolute atomic E-state index is 0.160.